The summed E-state index contributed by atoms with van der Waals surface area (Å²) in [6.45, 7) is 1.80. The van der Waals surface area contributed by atoms with Gasteiger partial charge in [-0.2, -0.15) is 0 Å². The number of rotatable bonds is 3. The van der Waals surface area contributed by atoms with Gasteiger partial charge >= 0.3 is 0 Å². The summed E-state index contributed by atoms with van der Waals surface area (Å²) in [6.07, 6.45) is 1.81. The molecule has 2 N–H and O–H groups in total. The number of halogens is 2. The van der Waals surface area contributed by atoms with E-state index in [1.807, 2.05) is 0 Å². The number of nitrogens with one attached hydrogen (secondary N) is 1. The zero-order chi connectivity index (χ0) is 12.3. The van der Waals surface area contributed by atoms with Gasteiger partial charge in [-0.15, -0.1) is 0 Å². The normalized spacial score (nSPS) is 22.4. The molecule has 0 saturated carbocycles. The van der Waals surface area contributed by atoms with Gasteiger partial charge < -0.3 is 10.4 Å². The average molecular weight is 258 g/mol. The predicted molar refractivity (Wildman–Crippen MR) is 66.7 cm³/mol. The van der Waals surface area contributed by atoms with Crippen LogP contribution in [-0.4, -0.2) is 24.3 Å². The summed E-state index contributed by atoms with van der Waals surface area (Å²) in [6, 6.07) is 4.62. The molecule has 94 valence electrons. The number of aliphatic hydroxyl groups is 1. The van der Waals surface area contributed by atoms with Crippen molar-refractivity contribution in [3.63, 3.8) is 0 Å². The molecule has 1 aliphatic heterocycles. The SMILES string of the molecule is OC(Cc1c(F)cccc1Cl)C1CCCNC1. The van der Waals surface area contributed by atoms with Gasteiger partial charge in [-0.3, -0.25) is 0 Å². The number of aliphatic hydroxyl groups excluding tert-OH is 1. The quantitative estimate of drug-likeness (QED) is 0.872. The molecule has 0 aliphatic carbocycles. The van der Waals surface area contributed by atoms with Crippen LogP contribution in [0.5, 0.6) is 0 Å². The Morgan fingerprint density at radius 2 is 2.35 bits per heavy atom. The predicted octanol–water partition coefficient (Wildman–Crippen LogP) is 2.38. The van der Waals surface area contributed by atoms with E-state index < -0.39 is 6.10 Å². The highest BCUT2D eigenvalue weighted by Gasteiger charge is 2.23. The second kappa shape index (κ2) is 5.80. The van der Waals surface area contributed by atoms with E-state index in [1.165, 1.54) is 6.07 Å². The second-order valence-electron chi connectivity index (χ2n) is 4.58. The van der Waals surface area contributed by atoms with Crippen LogP contribution in [-0.2, 0) is 6.42 Å². The minimum Gasteiger partial charge on any atom is -0.392 e. The molecule has 1 heterocycles. The summed E-state index contributed by atoms with van der Waals surface area (Å²) >= 11 is 5.95. The lowest BCUT2D eigenvalue weighted by Crippen LogP contribution is -2.37. The molecule has 1 aliphatic rings. The number of hydrogen-bond acceptors (Lipinski definition) is 2. The average Bonchev–Trinajstić information content (AvgIpc) is 2.35. The summed E-state index contributed by atoms with van der Waals surface area (Å²) in [7, 11) is 0. The molecule has 0 radical (unpaired) electrons. The summed E-state index contributed by atoms with van der Waals surface area (Å²) in [4.78, 5) is 0. The maximum Gasteiger partial charge on any atom is 0.127 e. The summed E-state index contributed by atoms with van der Waals surface area (Å²) in [5.74, 6) is -0.139. The molecule has 1 aromatic rings. The number of benzene rings is 1. The first-order chi connectivity index (χ1) is 8.18. The molecule has 0 spiro atoms. The van der Waals surface area contributed by atoms with Crippen molar-refractivity contribution in [2.24, 2.45) is 5.92 Å². The third-order valence-corrected chi connectivity index (χ3v) is 3.71. The van der Waals surface area contributed by atoms with E-state index in [9.17, 15) is 9.50 Å². The van der Waals surface area contributed by atoms with Crippen molar-refractivity contribution in [3.05, 3.63) is 34.6 Å². The van der Waals surface area contributed by atoms with Gasteiger partial charge in [0, 0.05) is 23.6 Å². The minimum atomic E-state index is -0.530. The van der Waals surface area contributed by atoms with E-state index in [-0.39, 0.29) is 18.2 Å². The van der Waals surface area contributed by atoms with Crippen LogP contribution in [0.2, 0.25) is 5.02 Å². The topological polar surface area (TPSA) is 32.3 Å². The molecule has 1 aromatic carbocycles. The first-order valence-electron chi connectivity index (χ1n) is 6.00. The lowest BCUT2D eigenvalue weighted by molar-refractivity contribution is 0.0914. The monoisotopic (exact) mass is 257 g/mol. The van der Waals surface area contributed by atoms with Gasteiger partial charge in [0.1, 0.15) is 5.82 Å². The van der Waals surface area contributed by atoms with E-state index in [0.717, 1.165) is 25.9 Å². The Balaban J connectivity index is 2.04. The molecule has 17 heavy (non-hydrogen) atoms. The van der Waals surface area contributed by atoms with Crippen LogP contribution in [0.4, 0.5) is 4.39 Å². The summed E-state index contributed by atoms with van der Waals surface area (Å²) in [5.41, 5.74) is 0.423. The number of hydrogen-bond donors (Lipinski definition) is 2. The van der Waals surface area contributed by atoms with Crippen LogP contribution >= 0.6 is 11.6 Å². The first-order valence-corrected chi connectivity index (χ1v) is 6.38. The molecule has 2 atom stereocenters. The van der Waals surface area contributed by atoms with Crippen LogP contribution < -0.4 is 5.32 Å². The van der Waals surface area contributed by atoms with Crippen LogP contribution in [0, 0.1) is 11.7 Å². The fraction of sp³-hybridized carbons (Fsp3) is 0.538. The Hall–Kier alpha value is -0.640. The van der Waals surface area contributed by atoms with Gasteiger partial charge in [0.05, 0.1) is 6.10 Å². The molecule has 1 fully saturated rings. The molecule has 2 nitrogen and oxygen atoms in total. The highest BCUT2D eigenvalue weighted by Crippen LogP contribution is 2.24. The standard InChI is InChI=1S/C13H17ClFNO/c14-11-4-1-5-12(15)10(11)7-13(17)9-3-2-6-16-8-9/h1,4-5,9,13,16-17H,2-3,6-8H2. The molecule has 4 heteroatoms. The van der Waals surface area contributed by atoms with Crippen LogP contribution in [0.1, 0.15) is 18.4 Å². The van der Waals surface area contributed by atoms with Crippen molar-refractivity contribution in [1.82, 2.24) is 5.32 Å². The highest BCUT2D eigenvalue weighted by molar-refractivity contribution is 6.31. The Bertz CT molecular complexity index is 359. The van der Waals surface area contributed by atoms with Gasteiger partial charge in [0.25, 0.3) is 0 Å². The molecular formula is C13H17ClFNO. The first kappa shape index (κ1) is 12.8. The highest BCUT2D eigenvalue weighted by atomic mass is 35.5. The number of piperidine rings is 1. The molecular weight excluding hydrogens is 241 g/mol. The Morgan fingerprint density at radius 1 is 1.53 bits per heavy atom. The van der Waals surface area contributed by atoms with Gasteiger partial charge in [-0.05, 0) is 37.4 Å². The van der Waals surface area contributed by atoms with E-state index >= 15 is 0 Å². The van der Waals surface area contributed by atoms with Crippen LogP contribution in [0.3, 0.4) is 0 Å². The Labute approximate surface area is 106 Å². The largest absolute Gasteiger partial charge is 0.392 e. The smallest absolute Gasteiger partial charge is 0.127 e. The summed E-state index contributed by atoms with van der Waals surface area (Å²) in [5, 5.41) is 13.8. The van der Waals surface area contributed by atoms with Crippen molar-refractivity contribution in [2.45, 2.75) is 25.4 Å². The van der Waals surface area contributed by atoms with Crippen molar-refractivity contribution >= 4 is 11.6 Å². The van der Waals surface area contributed by atoms with Gasteiger partial charge in [-0.1, -0.05) is 17.7 Å². The third kappa shape index (κ3) is 3.18. The lowest BCUT2D eigenvalue weighted by atomic mass is 9.90. The molecule has 2 rings (SSSR count). The van der Waals surface area contributed by atoms with Crippen molar-refractivity contribution in [3.8, 4) is 0 Å². The van der Waals surface area contributed by atoms with Gasteiger partial charge in [0.2, 0.25) is 0 Å². The fourth-order valence-corrected chi connectivity index (χ4v) is 2.55. The van der Waals surface area contributed by atoms with E-state index in [0.29, 0.717) is 10.6 Å². The van der Waals surface area contributed by atoms with Gasteiger partial charge in [-0.25, -0.2) is 4.39 Å². The molecule has 0 bridgehead atoms. The van der Waals surface area contributed by atoms with Crippen molar-refractivity contribution < 1.29 is 9.50 Å². The zero-order valence-electron chi connectivity index (χ0n) is 9.63. The molecule has 0 aromatic heterocycles. The minimum absolute atomic E-state index is 0.194. The van der Waals surface area contributed by atoms with E-state index in [1.54, 1.807) is 12.1 Å². The summed E-state index contributed by atoms with van der Waals surface area (Å²) < 4.78 is 13.6. The lowest BCUT2D eigenvalue weighted by Gasteiger charge is -2.27. The van der Waals surface area contributed by atoms with Crippen molar-refractivity contribution in [1.29, 1.82) is 0 Å². The van der Waals surface area contributed by atoms with Gasteiger partial charge in [0.15, 0.2) is 0 Å². The van der Waals surface area contributed by atoms with E-state index in [4.69, 9.17) is 11.6 Å². The zero-order valence-corrected chi connectivity index (χ0v) is 10.4. The molecule has 2 unspecified atom stereocenters. The third-order valence-electron chi connectivity index (χ3n) is 3.35. The van der Waals surface area contributed by atoms with E-state index in [2.05, 4.69) is 5.32 Å². The second-order valence-corrected chi connectivity index (χ2v) is 4.99. The molecule has 0 amide bonds. The molecule has 1 saturated heterocycles. The van der Waals surface area contributed by atoms with Crippen LogP contribution in [0.25, 0.3) is 0 Å². The maximum absolute atomic E-state index is 13.6. The van der Waals surface area contributed by atoms with Crippen LogP contribution in [0.15, 0.2) is 18.2 Å². The Morgan fingerprint density at radius 3 is 3.00 bits per heavy atom. The Kier molecular flexibility index (Phi) is 4.37. The maximum atomic E-state index is 13.6. The van der Waals surface area contributed by atoms with Crippen molar-refractivity contribution in [2.75, 3.05) is 13.1 Å². The fourth-order valence-electron chi connectivity index (χ4n) is 2.31.